The van der Waals surface area contributed by atoms with E-state index in [1.54, 1.807) is 4.68 Å². The van der Waals surface area contributed by atoms with E-state index in [1.165, 1.54) is 0 Å². The Kier molecular flexibility index (Phi) is 6.31. The molecule has 1 unspecified atom stereocenters. The van der Waals surface area contributed by atoms with Crippen molar-refractivity contribution >= 4 is 17.5 Å². The van der Waals surface area contributed by atoms with Crippen molar-refractivity contribution in [2.45, 2.75) is 39.7 Å². The molecule has 2 aromatic carbocycles. The van der Waals surface area contributed by atoms with E-state index in [0.717, 1.165) is 12.0 Å². The van der Waals surface area contributed by atoms with Crippen molar-refractivity contribution in [2.24, 2.45) is 0 Å². The molecule has 0 saturated carbocycles. The Balaban J connectivity index is 1.57. The summed E-state index contributed by atoms with van der Waals surface area (Å²) < 4.78 is 19.2. The minimum Gasteiger partial charge on any atom is -0.492 e. The van der Waals surface area contributed by atoms with E-state index < -0.39 is 6.04 Å². The maximum absolute atomic E-state index is 13.8. The number of nitrogens with one attached hydrogen (secondary N) is 2. The van der Waals surface area contributed by atoms with Crippen LogP contribution in [0.3, 0.4) is 0 Å². The van der Waals surface area contributed by atoms with Gasteiger partial charge in [-0.1, -0.05) is 25.1 Å². The summed E-state index contributed by atoms with van der Waals surface area (Å²) in [6, 6.07) is 12.7. The molecule has 0 radical (unpaired) electrons. The van der Waals surface area contributed by atoms with Crippen molar-refractivity contribution in [2.75, 3.05) is 30.5 Å². The van der Waals surface area contributed by atoms with Crippen LogP contribution >= 0.6 is 0 Å². The largest absolute Gasteiger partial charge is 0.492 e. The molecule has 3 heterocycles. The van der Waals surface area contributed by atoms with Crippen molar-refractivity contribution in [3.63, 3.8) is 0 Å². The summed E-state index contributed by atoms with van der Waals surface area (Å²) in [6.07, 6.45) is 1.49. The van der Waals surface area contributed by atoms with Gasteiger partial charge in [-0.05, 0) is 43.7 Å². The average molecular weight is 476 g/mol. The number of aromatic nitrogens is 3. The van der Waals surface area contributed by atoms with Crippen LogP contribution in [0.15, 0.2) is 53.7 Å². The molecule has 2 aliphatic heterocycles. The zero-order chi connectivity index (χ0) is 24.4. The van der Waals surface area contributed by atoms with Gasteiger partial charge in [0, 0.05) is 18.5 Å². The molecule has 5 rings (SSSR count). The van der Waals surface area contributed by atoms with E-state index in [4.69, 9.17) is 19.3 Å². The fourth-order valence-electron chi connectivity index (χ4n) is 4.34. The molecule has 0 aliphatic carbocycles. The SMILES string of the molecule is CCOc1ccccc1NC(=O)C1=C(C)Nc2nc(CC)nn2C1c1ccc2c(c1)OCCCO2. The van der Waals surface area contributed by atoms with E-state index in [0.29, 0.717) is 72.2 Å². The van der Waals surface area contributed by atoms with Gasteiger partial charge >= 0.3 is 0 Å². The van der Waals surface area contributed by atoms with E-state index in [2.05, 4.69) is 15.6 Å². The van der Waals surface area contributed by atoms with Crippen LogP contribution in [0, 0.1) is 0 Å². The third kappa shape index (κ3) is 4.41. The summed E-state index contributed by atoms with van der Waals surface area (Å²) in [5, 5.41) is 11.0. The molecule has 0 bridgehead atoms. The average Bonchev–Trinajstić information content (AvgIpc) is 3.12. The maximum atomic E-state index is 13.8. The molecular weight excluding hydrogens is 446 g/mol. The predicted octanol–water partition coefficient (Wildman–Crippen LogP) is 4.33. The zero-order valence-corrected chi connectivity index (χ0v) is 20.1. The molecule has 1 amide bonds. The highest BCUT2D eigenvalue weighted by molar-refractivity contribution is 6.06. The highest BCUT2D eigenvalue weighted by Crippen LogP contribution is 2.40. The van der Waals surface area contributed by atoms with Crippen molar-refractivity contribution in [3.05, 3.63) is 65.1 Å². The molecule has 1 aromatic heterocycles. The van der Waals surface area contributed by atoms with Gasteiger partial charge in [-0.25, -0.2) is 4.68 Å². The quantitative estimate of drug-likeness (QED) is 0.547. The Morgan fingerprint density at radius 1 is 1.17 bits per heavy atom. The van der Waals surface area contributed by atoms with Gasteiger partial charge in [0.1, 0.15) is 11.8 Å². The predicted molar refractivity (Wildman–Crippen MR) is 132 cm³/mol. The summed E-state index contributed by atoms with van der Waals surface area (Å²) in [5.41, 5.74) is 2.70. The van der Waals surface area contributed by atoms with Gasteiger partial charge in [-0.15, -0.1) is 0 Å². The summed E-state index contributed by atoms with van der Waals surface area (Å²) in [5.74, 6) is 3.03. The number of aryl methyl sites for hydroxylation is 1. The Bertz CT molecular complexity index is 1280. The lowest BCUT2D eigenvalue weighted by molar-refractivity contribution is -0.113. The number of hydrogen-bond acceptors (Lipinski definition) is 7. The Hall–Kier alpha value is -4.01. The molecule has 9 heteroatoms. The van der Waals surface area contributed by atoms with Crippen LogP contribution < -0.4 is 24.8 Å². The summed E-state index contributed by atoms with van der Waals surface area (Å²) in [6.45, 7) is 7.48. The van der Waals surface area contributed by atoms with Gasteiger partial charge in [0.25, 0.3) is 5.91 Å². The molecule has 2 aliphatic rings. The third-order valence-electron chi connectivity index (χ3n) is 5.98. The number of benzene rings is 2. The van der Waals surface area contributed by atoms with Gasteiger partial charge in [-0.3, -0.25) is 4.79 Å². The standard InChI is InChI=1S/C26H29N5O4/c1-4-22-29-26-27-16(3)23(25(32)28-18-9-6-7-10-19(18)33-5-2)24(31(26)30-22)17-11-12-20-21(15-17)35-14-8-13-34-20/h6-7,9-12,15,24H,4-5,8,13-14H2,1-3H3,(H,28,32)(H,27,29,30). The molecule has 0 saturated heterocycles. The first-order valence-corrected chi connectivity index (χ1v) is 11.9. The lowest BCUT2D eigenvalue weighted by Gasteiger charge is -2.29. The number of fused-ring (bicyclic) bond motifs is 2. The molecule has 3 aromatic rings. The fraction of sp³-hybridized carbons (Fsp3) is 0.346. The first kappa shape index (κ1) is 22.8. The topological polar surface area (TPSA) is 99.5 Å². The smallest absolute Gasteiger partial charge is 0.255 e. The van der Waals surface area contributed by atoms with Crippen LogP contribution in [0.5, 0.6) is 17.2 Å². The number of hydrogen-bond donors (Lipinski definition) is 2. The monoisotopic (exact) mass is 475 g/mol. The molecule has 9 nitrogen and oxygen atoms in total. The van der Waals surface area contributed by atoms with Crippen LogP contribution in [0.1, 0.15) is 44.6 Å². The lowest BCUT2D eigenvalue weighted by Crippen LogP contribution is -2.31. The van der Waals surface area contributed by atoms with E-state index in [9.17, 15) is 4.79 Å². The second-order valence-electron chi connectivity index (χ2n) is 8.36. The van der Waals surface area contributed by atoms with Gasteiger partial charge < -0.3 is 24.8 Å². The van der Waals surface area contributed by atoms with Crippen LogP contribution in [0.4, 0.5) is 11.6 Å². The number of carbonyl (C=O) groups is 1. The van der Waals surface area contributed by atoms with Crippen LogP contribution in [-0.2, 0) is 11.2 Å². The Labute approximate surface area is 204 Å². The fourth-order valence-corrected chi connectivity index (χ4v) is 4.34. The van der Waals surface area contributed by atoms with Gasteiger partial charge in [-0.2, -0.15) is 10.1 Å². The molecule has 1 atom stereocenters. The van der Waals surface area contributed by atoms with Crippen molar-refractivity contribution in [1.82, 2.24) is 14.8 Å². The molecule has 182 valence electrons. The van der Waals surface area contributed by atoms with Crippen LogP contribution in [-0.4, -0.2) is 40.5 Å². The minimum atomic E-state index is -0.504. The van der Waals surface area contributed by atoms with Gasteiger partial charge in [0.05, 0.1) is 31.1 Å². The highest BCUT2D eigenvalue weighted by Gasteiger charge is 2.35. The first-order valence-electron chi connectivity index (χ1n) is 11.9. The Morgan fingerprint density at radius 3 is 2.77 bits per heavy atom. The number of carbonyl (C=O) groups excluding carboxylic acids is 1. The van der Waals surface area contributed by atoms with Gasteiger partial charge in [0.2, 0.25) is 5.95 Å². The zero-order valence-electron chi connectivity index (χ0n) is 20.1. The molecule has 35 heavy (non-hydrogen) atoms. The number of para-hydroxylation sites is 2. The number of anilines is 2. The minimum absolute atomic E-state index is 0.251. The lowest BCUT2D eigenvalue weighted by atomic mass is 9.94. The summed E-state index contributed by atoms with van der Waals surface area (Å²) in [7, 11) is 0. The normalized spacial score (nSPS) is 16.7. The first-order chi connectivity index (χ1) is 17.1. The number of nitrogens with zero attached hydrogens (tertiary/aromatic N) is 3. The number of ether oxygens (including phenoxy) is 3. The second kappa shape index (κ2) is 9.69. The van der Waals surface area contributed by atoms with Crippen LogP contribution in [0.25, 0.3) is 0 Å². The van der Waals surface area contributed by atoms with Crippen molar-refractivity contribution < 1.29 is 19.0 Å². The number of rotatable bonds is 6. The Morgan fingerprint density at radius 2 is 1.97 bits per heavy atom. The number of allylic oxidation sites excluding steroid dienone is 1. The van der Waals surface area contributed by atoms with Gasteiger partial charge in [0.15, 0.2) is 17.3 Å². The molecule has 0 fully saturated rings. The number of amides is 1. The summed E-state index contributed by atoms with van der Waals surface area (Å²) >= 11 is 0. The van der Waals surface area contributed by atoms with Crippen molar-refractivity contribution in [1.29, 1.82) is 0 Å². The second-order valence-corrected chi connectivity index (χ2v) is 8.36. The maximum Gasteiger partial charge on any atom is 0.255 e. The summed E-state index contributed by atoms with van der Waals surface area (Å²) in [4.78, 5) is 18.4. The van der Waals surface area contributed by atoms with E-state index in [1.807, 2.05) is 63.2 Å². The third-order valence-corrected chi connectivity index (χ3v) is 5.98. The van der Waals surface area contributed by atoms with Crippen molar-refractivity contribution in [3.8, 4) is 17.2 Å². The molecule has 0 spiro atoms. The van der Waals surface area contributed by atoms with Crippen LogP contribution in [0.2, 0.25) is 0 Å². The molecule has 2 N–H and O–H groups in total. The molecular formula is C26H29N5O4. The van der Waals surface area contributed by atoms with E-state index >= 15 is 0 Å². The van der Waals surface area contributed by atoms with E-state index in [-0.39, 0.29) is 5.91 Å². The highest BCUT2D eigenvalue weighted by atomic mass is 16.5.